The first-order valence-corrected chi connectivity index (χ1v) is 11.2. The van der Waals surface area contributed by atoms with Gasteiger partial charge in [-0.05, 0) is 48.9 Å². The minimum atomic E-state index is -0.412. The van der Waals surface area contributed by atoms with Crippen molar-refractivity contribution in [3.8, 4) is 11.5 Å². The van der Waals surface area contributed by atoms with Gasteiger partial charge < -0.3 is 20.1 Å². The third kappa shape index (κ3) is 8.25. The van der Waals surface area contributed by atoms with Crippen LogP contribution >= 0.6 is 35.6 Å². The van der Waals surface area contributed by atoms with Crippen LogP contribution in [0.1, 0.15) is 18.1 Å². The van der Waals surface area contributed by atoms with Crippen molar-refractivity contribution in [2.24, 2.45) is 0 Å². The number of hydrogen-bond acceptors (Lipinski definition) is 6. The molecule has 0 aliphatic heterocycles. The van der Waals surface area contributed by atoms with Gasteiger partial charge in [-0.3, -0.25) is 10.1 Å². The van der Waals surface area contributed by atoms with Crippen LogP contribution in [0.25, 0.3) is 0 Å². The number of nitrogens with one attached hydrogen (secondary N) is 2. The standard InChI is InChI=1S/C24H25Cl2N3O4.ClH/c1-2-32-24-13-17(3-10-23(24)33-16-18-4-5-19(25)14-22(18)26)15-27-11-12-28-20-6-8-21(9-7-20)29(30)31;/h3-10,13-14,27-28H,2,11-12,15-16H2,1H3;1H. The molecule has 10 heteroatoms. The van der Waals surface area contributed by atoms with Crippen LogP contribution in [0, 0.1) is 10.1 Å². The highest BCUT2D eigenvalue weighted by Gasteiger charge is 2.09. The number of rotatable bonds is 12. The summed E-state index contributed by atoms with van der Waals surface area (Å²) in [4.78, 5) is 10.3. The summed E-state index contributed by atoms with van der Waals surface area (Å²) in [6.07, 6.45) is 0. The molecule has 0 saturated heterocycles. The maximum absolute atomic E-state index is 10.7. The second-order valence-corrected chi connectivity index (χ2v) is 7.99. The molecule has 0 unspecified atom stereocenters. The highest BCUT2D eigenvalue weighted by Crippen LogP contribution is 2.30. The number of nitro groups is 1. The monoisotopic (exact) mass is 525 g/mol. The molecule has 7 nitrogen and oxygen atoms in total. The van der Waals surface area contributed by atoms with Crippen molar-refractivity contribution in [2.45, 2.75) is 20.1 Å². The third-order valence-corrected chi connectivity index (χ3v) is 5.33. The molecule has 0 saturated carbocycles. The zero-order valence-corrected chi connectivity index (χ0v) is 20.9. The van der Waals surface area contributed by atoms with Crippen LogP contribution in [-0.2, 0) is 13.2 Å². The fraction of sp³-hybridized carbons (Fsp3) is 0.250. The van der Waals surface area contributed by atoms with Crippen LogP contribution in [0.5, 0.6) is 11.5 Å². The second kappa shape index (κ2) is 13.9. The van der Waals surface area contributed by atoms with Gasteiger partial charge in [-0.15, -0.1) is 12.4 Å². The van der Waals surface area contributed by atoms with Crippen LogP contribution in [0.3, 0.4) is 0 Å². The van der Waals surface area contributed by atoms with Gasteiger partial charge in [0.1, 0.15) is 6.61 Å². The minimum absolute atomic E-state index is 0. The first-order valence-electron chi connectivity index (χ1n) is 10.5. The molecule has 3 aromatic carbocycles. The van der Waals surface area contributed by atoms with E-state index in [4.69, 9.17) is 32.7 Å². The molecular weight excluding hydrogens is 501 g/mol. The summed E-state index contributed by atoms with van der Waals surface area (Å²) in [7, 11) is 0. The molecule has 0 spiro atoms. The van der Waals surface area contributed by atoms with E-state index >= 15 is 0 Å². The van der Waals surface area contributed by atoms with Crippen molar-refractivity contribution < 1.29 is 14.4 Å². The van der Waals surface area contributed by atoms with Gasteiger partial charge in [0.2, 0.25) is 0 Å². The molecule has 0 aliphatic rings. The van der Waals surface area contributed by atoms with E-state index in [1.165, 1.54) is 12.1 Å². The summed E-state index contributed by atoms with van der Waals surface area (Å²) in [5.74, 6) is 1.32. The van der Waals surface area contributed by atoms with E-state index < -0.39 is 4.92 Å². The lowest BCUT2D eigenvalue weighted by molar-refractivity contribution is -0.384. The van der Waals surface area contributed by atoms with E-state index in [9.17, 15) is 10.1 Å². The van der Waals surface area contributed by atoms with Gasteiger partial charge in [0, 0.05) is 53.1 Å². The molecule has 3 rings (SSSR count). The zero-order chi connectivity index (χ0) is 23.6. The summed E-state index contributed by atoms with van der Waals surface area (Å²) >= 11 is 12.2. The molecule has 2 N–H and O–H groups in total. The van der Waals surface area contributed by atoms with Crippen molar-refractivity contribution in [3.63, 3.8) is 0 Å². The first kappa shape index (κ1) is 27.5. The van der Waals surface area contributed by atoms with E-state index in [1.807, 2.05) is 31.2 Å². The molecule has 0 fully saturated rings. The highest BCUT2D eigenvalue weighted by atomic mass is 35.5. The number of nitrogens with zero attached hydrogens (tertiary/aromatic N) is 1. The van der Waals surface area contributed by atoms with Crippen LogP contribution in [-0.4, -0.2) is 24.6 Å². The summed E-state index contributed by atoms with van der Waals surface area (Å²) < 4.78 is 11.7. The largest absolute Gasteiger partial charge is 0.490 e. The van der Waals surface area contributed by atoms with Crippen molar-refractivity contribution in [1.82, 2.24) is 5.32 Å². The van der Waals surface area contributed by atoms with E-state index in [1.54, 1.807) is 24.3 Å². The Labute approximate surface area is 214 Å². The Hall–Kier alpha value is -2.71. The fourth-order valence-corrected chi connectivity index (χ4v) is 3.54. The smallest absolute Gasteiger partial charge is 0.269 e. The molecule has 0 bridgehead atoms. The van der Waals surface area contributed by atoms with E-state index in [-0.39, 0.29) is 18.1 Å². The summed E-state index contributed by atoms with van der Waals surface area (Å²) in [5, 5.41) is 18.4. The number of non-ortho nitro benzene ring substituents is 1. The minimum Gasteiger partial charge on any atom is -0.490 e. The van der Waals surface area contributed by atoms with Crippen LogP contribution in [0.4, 0.5) is 11.4 Å². The van der Waals surface area contributed by atoms with Gasteiger partial charge in [0.25, 0.3) is 5.69 Å². The Morgan fingerprint density at radius 3 is 2.38 bits per heavy atom. The fourth-order valence-electron chi connectivity index (χ4n) is 3.07. The molecule has 0 atom stereocenters. The van der Waals surface area contributed by atoms with Gasteiger partial charge >= 0.3 is 0 Å². The molecule has 182 valence electrons. The van der Waals surface area contributed by atoms with Crippen molar-refractivity contribution in [2.75, 3.05) is 25.0 Å². The Bertz CT molecular complexity index is 1080. The SMILES string of the molecule is CCOc1cc(CNCCNc2ccc([N+](=O)[O-])cc2)ccc1OCc1ccc(Cl)cc1Cl.Cl. The van der Waals surface area contributed by atoms with Crippen LogP contribution < -0.4 is 20.1 Å². The summed E-state index contributed by atoms with van der Waals surface area (Å²) in [6, 6.07) is 17.5. The predicted molar refractivity (Wildman–Crippen MR) is 139 cm³/mol. The summed E-state index contributed by atoms with van der Waals surface area (Å²) in [5.41, 5.74) is 2.82. The van der Waals surface area contributed by atoms with Crippen LogP contribution in [0.15, 0.2) is 60.7 Å². The number of ether oxygens (including phenoxy) is 2. The maximum atomic E-state index is 10.7. The van der Waals surface area contributed by atoms with Crippen molar-refractivity contribution in [1.29, 1.82) is 0 Å². The van der Waals surface area contributed by atoms with Gasteiger partial charge in [-0.25, -0.2) is 0 Å². The number of nitro benzene ring substituents is 1. The lowest BCUT2D eigenvalue weighted by atomic mass is 10.2. The van der Waals surface area contributed by atoms with E-state index in [0.717, 1.165) is 16.8 Å². The van der Waals surface area contributed by atoms with Crippen molar-refractivity contribution >= 4 is 47.0 Å². The number of hydrogen-bond donors (Lipinski definition) is 2. The average molecular weight is 527 g/mol. The highest BCUT2D eigenvalue weighted by molar-refractivity contribution is 6.35. The Balaban J connectivity index is 0.00000408. The Kier molecular flexibility index (Phi) is 11.2. The molecule has 0 radical (unpaired) electrons. The molecule has 0 amide bonds. The lowest BCUT2D eigenvalue weighted by Gasteiger charge is -2.14. The number of benzene rings is 3. The van der Waals surface area contributed by atoms with Gasteiger partial charge in [-0.1, -0.05) is 35.3 Å². The van der Waals surface area contributed by atoms with Gasteiger partial charge in [0.15, 0.2) is 11.5 Å². The van der Waals surface area contributed by atoms with Gasteiger partial charge in [0.05, 0.1) is 11.5 Å². The van der Waals surface area contributed by atoms with E-state index in [2.05, 4.69) is 10.6 Å². The van der Waals surface area contributed by atoms with Crippen molar-refractivity contribution in [3.05, 3.63) is 92.0 Å². The third-order valence-electron chi connectivity index (χ3n) is 4.74. The average Bonchev–Trinajstić information content (AvgIpc) is 2.80. The topological polar surface area (TPSA) is 85.7 Å². The lowest BCUT2D eigenvalue weighted by Crippen LogP contribution is -2.21. The normalized spacial score (nSPS) is 10.3. The molecule has 0 aromatic heterocycles. The Morgan fingerprint density at radius 1 is 0.941 bits per heavy atom. The quantitative estimate of drug-likeness (QED) is 0.159. The molecular formula is C24H26Cl3N3O4. The maximum Gasteiger partial charge on any atom is 0.269 e. The molecule has 34 heavy (non-hydrogen) atoms. The molecule has 0 aliphatic carbocycles. The second-order valence-electron chi connectivity index (χ2n) is 7.15. The first-order chi connectivity index (χ1) is 16.0. The van der Waals surface area contributed by atoms with E-state index in [0.29, 0.717) is 54.4 Å². The summed E-state index contributed by atoms with van der Waals surface area (Å²) in [6.45, 7) is 4.81. The number of halogens is 3. The number of anilines is 1. The Morgan fingerprint density at radius 2 is 1.71 bits per heavy atom. The molecule has 3 aromatic rings. The zero-order valence-electron chi connectivity index (χ0n) is 18.6. The predicted octanol–water partition coefficient (Wildman–Crippen LogP) is 6.50. The van der Waals surface area contributed by atoms with Crippen LogP contribution in [0.2, 0.25) is 10.0 Å². The van der Waals surface area contributed by atoms with Gasteiger partial charge in [-0.2, -0.15) is 0 Å². The molecule has 0 heterocycles.